The molecule has 314 valence electrons. The Bertz CT molecular complexity index is 1910. The normalized spacial score (nSPS) is 10.9. The van der Waals surface area contributed by atoms with Gasteiger partial charge in [0, 0.05) is 47.5 Å². The van der Waals surface area contributed by atoms with Crippen LogP contribution in [0.2, 0.25) is 0 Å². The van der Waals surface area contributed by atoms with Gasteiger partial charge in [0.1, 0.15) is 36.2 Å². The highest BCUT2D eigenvalue weighted by atomic mass is 35.5. The summed E-state index contributed by atoms with van der Waals surface area (Å²) in [5.41, 5.74) is 3.86. The van der Waals surface area contributed by atoms with Gasteiger partial charge in [0.15, 0.2) is 0 Å². The summed E-state index contributed by atoms with van der Waals surface area (Å²) in [5.74, 6) is 1.60. The van der Waals surface area contributed by atoms with E-state index < -0.39 is 0 Å². The highest BCUT2D eigenvalue weighted by Gasteiger charge is 2.12. The van der Waals surface area contributed by atoms with Crippen molar-refractivity contribution < 1.29 is 67.9 Å². The molecule has 0 aliphatic heterocycles. The number of azo groups is 2. The smallest absolute Gasteiger partial charge is 0.421 e. The zero-order chi connectivity index (χ0) is 37.5. The number of imidazole rings is 4. The Morgan fingerprint density at radius 3 is 1.24 bits per heavy atom. The second-order valence-corrected chi connectivity index (χ2v) is 13.9. The van der Waals surface area contributed by atoms with Gasteiger partial charge in [-0.15, -0.1) is 0 Å². The molecule has 0 fully saturated rings. The van der Waals surface area contributed by atoms with Crippen molar-refractivity contribution in [2.75, 3.05) is 23.7 Å². The van der Waals surface area contributed by atoms with Crippen LogP contribution in [-0.2, 0) is 54.4 Å². The lowest BCUT2D eigenvalue weighted by Crippen LogP contribution is -3.00. The third-order valence-electron chi connectivity index (χ3n) is 9.45. The maximum Gasteiger partial charge on any atom is 0.421 e. The van der Waals surface area contributed by atoms with Crippen LogP contribution >= 0.6 is 0 Å². The summed E-state index contributed by atoms with van der Waals surface area (Å²) in [4.78, 5) is 0. The van der Waals surface area contributed by atoms with E-state index in [1.807, 2.05) is 95.5 Å². The van der Waals surface area contributed by atoms with Crippen LogP contribution in [0.1, 0.15) is 38.5 Å². The number of halogens is 4. The van der Waals surface area contributed by atoms with Gasteiger partial charge >= 0.3 is 11.9 Å². The van der Waals surface area contributed by atoms with Crippen molar-refractivity contribution >= 4 is 34.6 Å². The third kappa shape index (κ3) is 15.2. The van der Waals surface area contributed by atoms with E-state index in [0.29, 0.717) is 0 Å². The van der Waals surface area contributed by atoms with Gasteiger partial charge in [-0.25, -0.2) is 36.5 Å². The Labute approximate surface area is 367 Å². The Morgan fingerprint density at radius 2 is 0.879 bits per heavy atom. The summed E-state index contributed by atoms with van der Waals surface area (Å²) in [5, 5.41) is 24.5. The first-order chi connectivity index (χ1) is 26.4. The number of hydrogen-bond donors (Lipinski definition) is 2. The van der Waals surface area contributed by atoms with Crippen molar-refractivity contribution in [2.24, 2.45) is 48.6 Å². The van der Waals surface area contributed by atoms with Gasteiger partial charge < -0.3 is 60.3 Å². The van der Waals surface area contributed by atoms with Crippen molar-refractivity contribution in [1.82, 2.24) is 18.3 Å². The van der Waals surface area contributed by atoms with E-state index in [9.17, 15) is 0 Å². The van der Waals surface area contributed by atoms with E-state index in [1.54, 1.807) is 0 Å². The number of benzene rings is 2. The molecule has 58 heavy (non-hydrogen) atoms. The molecule has 0 saturated carbocycles. The number of aryl methyl sites for hydroxylation is 8. The van der Waals surface area contributed by atoms with Crippen LogP contribution in [0.15, 0.2) is 131 Å². The van der Waals surface area contributed by atoms with Crippen molar-refractivity contribution in [3.05, 3.63) is 111 Å². The highest BCUT2D eigenvalue weighted by Crippen LogP contribution is 2.20. The van der Waals surface area contributed by atoms with Crippen LogP contribution < -0.4 is 78.5 Å². The molecule has 0 radical (unpaired) electrons. The van der Waals surface area contributed by atoms with Crippen LogP contribution in [0.25, 0.3) is 0 Å². The van der Waals surface area contributed by atoms with Crippen molar-refractivity contribution in [2.45, 2.75) is 64.7 Å². The first kappa shape index (κ1) is 49.4. The highest BCUT2D eigenvalue weighted by molar-refractivity contribution is 5.51. The number of rotatable bonds is 21. The fourth-order valence-electron chi connectivity index (χ4n) is 6.28. The molecule has 0 aliphatic carbocycles. The molecule has 6 aromatic rings. The SMILES string of the molecule is Cn1cc[n+](C)c1N=Nc1ccc(NCCC[n+]2ccn(CCCCCCn3cc[n+](CCCNc4ccc(N=Nc5n(C)cc[n+]5C)cc4)c3)c2)cc1.[Cl-].[Cl-].[Cl-].[Cl-]. The molecule has 0 unspecified atom stereocenters. The van der Waals surface area contributed by atoms with E-state index in [4.69, 9.17) is 0 Å². The summed E-state index contributed by atoms with van der Waals surface area (Å²) in [6, 6.07) is 16.2. The molecule has 0 amide bonds. The molecule has 0 bridgehead atoms. The molecule has 2 aromatic carbocycles. The maximum atomic E-state index is 4.37. The Hall–Kier alpha value is -4.76. The zero-order valence-corrected chi connectivity index (χ0v) is 36.8. The zero-order valence-electron chi connectivity index (χ0n) is 33.8. The summed E-state index contributed by atoms with van der Waals surface area (Å²) in [7, 11) is 7.85. The lowest BCUT2D eigenvalue weighted by atomic mass is 10.2. The number of nitrogens with one attached hydrogen (secondary N) is 2. The van der Waals surface area contributed by atoms with Crippen molar-refractivity contribution in [3.8, 4) is 0 Å². The predicted octanol–water partition coefficient (Wildman–Crippen LogP) is -5.70. The van der Waals surface area contributed by atoms with Crippen LogP contribution in [0.3, 0.4) is 0 Å². The molecular weight excluding hydrogens is 818 g/mol. The van der Waals surface area contributed by atoms with Gasteiger partial charge in [0.25, 0.3) is 0 Å². The molecule has 0 aliphatic rings. The van der Waals surface area contributed by atoms with E-state index in [1.165, 1.54) is 25.7 Å². The Balaban J connectivity index is 0.00000290. The predicted molar refractivity (Wildman–Crippen MR) is 208 cm³/mol. The quantitative estimate of drug-likeness (QED) is 0.0428. The van der Waals surface area contributed by atoms with E-state index in [-0.39, 0.29) is 49.6 Å². The third-order valence-corrected chi connectivity index (χ3v) is 9.45. The molecule has 2 N–H and O–H groups in total. The average Bonchev–Trinajstić information content (AvgIpc) is 3.98. The van der Waals surface area contributed by atoms with Crippen LogP contribution in [0.5, 0.6) is 0 Å². The van der Waals surface area contributed by atoms with Crippen molar-refractivity contribution in [3.63, 3.8) is 0 Å². The van der Waals surface area contributed by atoms with Gasteiger partial charge in [-0.1, -0.05) is 10.2 Å². The number of unbranched alkanes of at least 4 members (excludes halogenated alkanes) is 3. The van der Waals surface area contributed by atoms with E-state index in [0.717, 1.165) is 86.8 Å². The van der Waals surface area contributed by atoms with Crippen LogP contribution in [-0.4, -0.2) is 31.4 Å². The maximum absolute atomic E-state index is 4.37. The lowest BCUT2D eigenvalue weighted by molar-refractivity contribution is -0.696. The first-order valence-corrected chi connectivity index (χ1v) is 19.0. The van der Waals surface area contributed by atoms with Crippen LogP contribution in [0.4, 0.5) is 34.6 Å². The van der Waals surface area contributed by atoms with Crippen LogP contribution in [0, 0.1) is 0 Å². The van der Waals surface area contributed by atoms with Gasteiger partial charge in [0.2, 0.25) is 12.7 Å². The monoisotopic (exact) mass is 872 g/mol. The number of hydrogen-bond acceptors (Lipinski definition) is 6. The van der Waals surface area contributed by atoms with E-state index >= 15 is 0 Å². The fraction of sp³-hybridized carbons (Fsp3) is 0.400. The molecule has 18 heteroatoms. The Morgan fingerprint density at radius 1 is 0.483 bits per heavy atom. The summed E-state index contributed by atoms with van der Waals surface area (Å²) < 4.78 is 17.0. The minimum atomic E-state index is 0. The summed E-state index contributed by atoms with van der Waals surface area (Å²) in [6.45, 7) is 5.94. The average molecular weight is 875 g/mol. The second-order valence-electron chi connectivity index (χ2n) is 13.9. The molecule has 0 spiro atoms. The van der Waals surface area contributed by atoms with Gasteiger partial charge in [-0.05, 0) is 74.2 Å². The molecule has 0 saturated heterocycles. The minimum Gasteiger partial charge on any atom is -1.00 e. The fourth-order valence-corrected chi connectivity index (χ4v) is 6.28. The standard InChI is InChI=1S/C40H54N14.4ClH/c1-47-25-26-48(2)39(47)45-43-37-15-11-35(12-16-37)41-19-9-23-53-31-29-51(33-53)21-7-5-6-8-22-52-30-32-54(34-52)24-10-20-42-36-13-17-38(18-14-36)44-46-40-49(3)27-28-50(40)4;;;;/h11-18,25-34H,5-10,19-24H2,1-4H3;4*1H/q+2;;;;/p-2. The largest absolute Gasteiger partial charge is 1.00 e. The summed E-state index contributed by atoms with van der Waals surface area (Å²) in [6.07, 6.45) is 28.1. The molecule has 0 atom stereocenters. The van der Waals surface area contributed by atoms with Gasteiger partial charge in [-0.2, -0.15) is 0 Å². The second kappa shape index (κ2) is 25.6. The van der Waals surface area contributed by atoms with Gasteiger partial charge in [0.05, 0.1) is 79.2 Å². The lowest BCUT2D eigenvalue weighted by Gasteiger charge is -2.05. The van der Waals surface area contributed by atoms with Gasteiger partial charge in [-0.3, -0.25) is 0 Å². The Kier molecular flexibility index (Phi) is 21.8. The van der Waals surface area contributed by atoms with Crippen molar-refractivity contribution in [1.29, 1.82) is 0 Å². The molecule has 4 aromatic heterocycles. The number of aromatic nitrogens is 8. The topological polar surface area (TPSA) is 109 Å². The summed E-state index contributed by atoms with van der Waals surface area (Å²) >= 11 is 0. The molecule has 4 heterocycles. The molecule has 14 nitrogen and oxygen atoms in total. The minimum absolute atomic E-state index is 0. The first-order valence-electron chi connectivity index (χ1n) is 19.0. The molecular formula is C40H56Cl4N14. The molecule has 6 rings (SSSR count). The number of nitrogens with zero attached hydrogens (tertiary/aromatic N) is 12. The number of anilines is 2. The van der Waals surface area contributed by atoms with E-state index in [2.05, 4.69) is 111 Å².